The lowest BCUT2D eigenvalue weighted by atomic mass is 9.91. The third kappa shape index (κ3) is 1.99. The predicted molar refractivity (Wildman–Crippen MR) is 53.2 cm³/mol. The van der Waals surface area contributed by atoms with Crippen molar-refractivity contribution < 1.29 is 0 Å². The molecule has 0 saturated carbocycles. The van der Waals surface area contributed by atoms with Gasteiger partial charge in [-0.2, -0.15) is 0 Å². The monoisotopic (exact) mass is 170 g/mol. The van der Waals surface area contributed by atoms with Crippen molar-refractivity contribution in [3.63, 3.8) is 0 Å². The molecule has 0 aromatic rings. The maximum Gasteiger partial charge on any atom is 0.0486 e. The van der Waals surface area contributed by atoms with Crippen LogP contribution in [0.5, 0.6) is 0 Å². The van der Waals surface area contributed by atoms with Gasteiger partial charge < -0.3 is 5.32 Å². The Hall–Kier alpha value is -0.0800. The lowest BCUT2D eigenvalue weighted by Gasteiger charge is -2.37. The Morgan fingerprint density at radius 1 is 1.42 bits per heavy atom. The van der Waals surface area contributed by atoms with Crippen LogP contribution in [0.1, 0.15) is 40.0 Å². The van der Waals surface area contributed by atoms with Crippen molar-refractivity contribution in [2.75, 3.05) is 19.8 Å². The standard InChI is InChI=1S/C10H22N2/c1-4-6-10(3,5-2)12-8-7-11-9-12/h11H,4-9H2,1-3H3. The van der Waals surface area contributed by atoms with Crippen molar-refractivity contribution in [3.05, 3.63) is 0 Å². The van der Waals surface area contributed by atoms with E-state index in [0.29, 0.717) is 5.54 Å². The normalized spacial score (nSPS) is 24.2. The van der Waals surface area contributed by atoms with E-state index in [2.05, 4.69) is 31.0 Å². The zero-order valence-corrected chi connectivity index (χ0v) is 8.69. The molecule has 1 aliphatic rings. The highest BCUT2D eigenvalue weighted by Gasteiger charge is 2.30. The zero-order valence-electron chi connectivity index (χ0n) is 8.69. The Balaban J connectivity index is 2.51. The number of nitrogens with zero attached hydrogens (tertiary/aromatic N) is 1. The second kappa shape index (κ2) is 4.24. The molecule has 0 aromatic heterocycles. The Morgan fingerprint density at radius 3 is 2.58 bits per heavy atom. The van der Waals surface area contributed by atoms with E-state index < -0.39 is 0 Å². The van der Waals surface area contributed by atoms with Crippen LogP contribution >= 0.6 is 0 Å². The van der Waals surface area contributed by atoms with Gasteiger partial charge in [0.25, 0.3) is 0 Å². The highest BCUT2D eigenvalue weighted by molar-refractivity contribution is 4.86. The van der Waals surface area contributed by atoms with Crippen LogP contribution in [0, 0.1) is 0 Å². The Labute approximate surface area is 76.3 Å². The largest absolute Gasteiger partial charge is 0.303 e. The molecule has 0 amide bonds. The molecule has 1 fully saturated rings. The molecule has 2 nitrogen and oxygen atoms in total. The second-order valence-electron chi connectivity index (χ2n) is 4.02. The van der Waals surface area contributed by atoms with Crippen molar-refractivity contribution in [2.24, 2.45) is 0 Å². The van der Waals surface area contributed by atoms with Gasteiger partial charge in [-0.1, -0.05) is 20.3 Å². The summed E-state index contributed by atoms with van der Waals surface area (Å²) in [7, 11) is 0. The summed E-state index contributed by atoms with van der Waals surface area (Å²) in [5.41, 5.74) is 0.443. The molecule has 2 heteroatoms. The van der Waals surface area contributed by atoms with E-state index in [1.165, 1.54) is 32.4 Å². The summed E-state index contributed by atoms with van der Waals surface area (Å²) in [6.07, 6.45) is 3.88. The van der Waals surface area contributed by atoms with Gasteiger partial charge in [-0.25, -0.2) is 0 Å². The Kier molecular flexibility index (Phi) is 3.53. The highest BCUT2D eigenvalue weighted by atomic mass is 15.3. The van der Waals surface area contributed by atoms with E-state index in [-0.39, 0.29) is 0 Å². The first kappa shape index (κ1) is 10.0. The molecule has 1 unspecified atom stereocenters. The quantitative estimate of drug-likeness (QED) is 0.692. The van der Waals surface area contributed by atoms with Crippen LogP contribution in [0.25, 0.3) is 0 Å². The Morgan fingerprint density at radius 2 is 2.17 bits per heavy atom. The fourth-order valence-corrected chi connectivity index (χ4v) is 2.06. The number of hydrogen-bond acceptors (Lipinski definition) is 2. The fraction of sp³-hybridized carbons (Fsp3) is 1.00. The van der Waals surface area contributed by atoms with Gasteiger partial charge in [0.1, 0.15) is 0 Å². The summed E-state index contributed by atoms with van der Waals surface area (Å²) < 4.78 is 0. The average Bonchev–Trinajstić information content (AvgIpc) is 2.57. The summed E-state index contributed by atoms with van der Waals surface area (Å²) in [5, 5.41) is 3.40. The Bertz CT molecular complexity index is 130. The van der Waals surface area contributed by atoms with Crippen LogP contribution in [0.15, 0.2) is 0 Å². The highest BCUT2D eigenvalue weighted by Crippen LogP contribution is 2.25. The summed E-state index contributed by atoms with van der Waals surface area (Å²) in [6.45, 7) is 10.4. The third-order valence-corrected chi connectivity index (χ3v) is 3.17. The molecule has 0 bridgehead atoms. The molecule has 72 valence electrons. The second-order valence-corrected chi connectivity index (χ2v) is 4.02. The van der Waals surface area contributed by atoms with Crippen LogP contribution in [0.3, 0.4) is 0 Å². The van der Waals surface area contributed by atoms with Crippen LogP contribution in [-0.4, -0.2) is 30.2 Å². The first-order valence-electron chi connectivity index (χ1n) is 5.18. The molecule has 1 saturated heterocycles. The minimum atomic E-state index is 0.443. The van der Waals surface area contributed by atoms with Crippen molar-refractivity contribution in [2.45, 2.75) is 45.6 Å². The van der Waals surface area contributed by atoms with Gasteiger partial charge in [-0.15, -0.1) is 0 Å². The topological polar surface area (TPSA) is 15.3 Å². The minimum absolute atomic E-state index is 0.443. The van der Waals surface area contributed by atoms with Crippen molar-refractivity contribution in [1.29, 1.82) is 0 Å². The fourth-order valence-electron chi connectivity index (χ4n) is 2.06. The average molecular weight is 170 g/mol. The van der Waals surface area contributed by atoms with Crippen LogP contribution in [-0.2, 0) is 0 Å². The maximum atomic E-state index is 3.40. The molecule has 0 aliphatic carbocycles. The van der Waals surface area contributed by atoms with Crippen LogP contribution < -0.4 is 5.32 Å². The van der Waals surface area contributed by atoms with E-state index in [1.54, 1.807) is 0 Å². The van der Waals surface area contributed by atoms with Gasteiger partial charge in [-0.05, 0) is 19.8 Å². The molecular formula is C10H22N2. The number of rotatable bonds is 4. The van der Waals surface area contributed by atoms with E-state index in [0.717, 1.165) is 6.67 Å². The van der Waals surface area contributed by atoms with Crippen LogP contribution in [0.2, 0.25) is 0 Å². The third-order valence-electron chi connectivity index (χ3n) is 3.17. The van der Waals surface area contributed by atoms with E-state index >= 15 is 0 Å². The molecule has 1 heterocycles. The molecule has 0 spiro atoms. The summed E-state index contributed by atoms with van der Waals surface area (Å²) in [6, 6.07) is 0. The molecule has 1 N–H and O–H groups in total. The lowest BCUT2D eigenvalue weighted by Crippen LogP contribution is -2.44. The lowest BCUT2D eigenvalue weighted by molar-refractivity contribution is 0.117. The van der Waals surface area contributed by atoms with Gasteiger partial charge in [0.15, 0.2) is 0 Å². The summed E-state index contributed by atoms with van der Waals surface area (Å²) in [4.78, 5) is 2.58. The molecular weight excluding hydrogens is 148 g/mol. The van der Waals surface area contributed by atoms with Gasteiger partial charge in [0.2, 0.25) is 0 Å². The molecule has 0 aromatic carbocycles. The molecule has 1 atom stereocenters. The number of nitrogens with one attached hydrogen (secondary N) is 1. The van der Waals surface area contributed by atoms with Crippen molar-refractivity contribution >= 4 is 0 Å². The minimum Gasteiger partial charge on any atom is -0.303 e. The van der Waals surface area contributed by atoms with E-state index in [4.69, 9.17) is 0 Å². The molecule has 12 heavy (non-hydrogen) atoms. The van der Waals surface area contributed by atoms with Crippen LogP contribution in [0.4, 0.5) is 0 Å². The molecule has 1 aliphatic heterocycles. The van der Waals surface area contributed by atoms with Gasteiger partial charge >= 0.3 is 0 Å². The summed E-state index contributed by atoms with van der Waals surface area (Å²) in [5.74, 6) is 0. The van der Waals surface area contributed by atoms with Crippen molar-refractivity contribution in [3.8, 4) is 0 Å². The van der Waals surface area contributed by atoms with Gasteiger partial charge in [0, 0.05) is 25.3 Å². The zero-order chi connectivity index (χ0) is 9.03. The molecule has 0 radical (unpaired) electrons. The van der Waals surface area contributed by atoms with Gasteiger partial charge in [-0.3, -0.25) is 4.90 Å². The first-order valence-corrected chi connectivity index (χ1v) is 5.18. The summed E-state index contributed by atoms with van der Waals surface area (Å²) >= 11 is 0. The van der Waals surface area contributed by atoms with Gasteiger partial charge in [0.05, 0.1) is 0 Å². The smallest absolute Gasteiger partial charge is 0.0486 e. The van der Waals surface area contributed by atoms with E-state index in [9.17, 15) is 0 Å². The van der Waals surface area contributed by atoms with Crippen molar-refractivity contribution in [1.82, 2.24) is 10.2 Å². The molecule has 1 rings (SSSR count). The van der Waals surface area contributed by atoms with E-state index in [1.807, 2.05) is 0 Å². The first-order chi connectivity index (χ1) is 5.73. The number of hydrogen-bond donors (Lipinski definition) is 1. The maximum absolute atomic E-state index is 3.40. The SMILES string of the molecule is CCCC(C)(CC)N1CCNC1. The predicted octanol–water partition coefficient (Wildman–Crippen LogP) is 1.82.